The number of thiophene rings is 1. The van der Waals surface area contributed by atoms with Gasteiger partial charge < -0.3 is 10.0 Å². The van der Waals surface area contributed by atoms with Crippen LogP contribution in [0.5, 0.6) is 0 Å². The van der Waals surface area contributed by atoms with Gasteiger partial charge in [0.1, 0.15) is 0 Å². The lowest BCUT2D eigenvalue weighted by Gasteiger charge is -2.05. The number of fused-ring (bicyclic) bond motifs is 1. The summed E-state index contributed by atoms with van der Waals surface area (Å²) in [6.07, 6.45) is 0. The molecule has 14 heavy (non-hydrogen) atoms. The van der Waals surface area contributed by atoms with Gasteiger partial charge in [0, 0.05) is 25.8 Å². The van der Waals surface area contributed by atoms with Crippen molar-refractivity contribution >= 4 is 58.2 Å². The summed E-state index contributed by atoms with van der Waals surface area (Å²) in [5.74, 6) is 0. The molecule has 0 saturated carbocycles. The predicted octanol–water partition coefficient (Wildman–Crippen LogP) is 1.52. The van der Waals surface area contributed by atoms with Gasteiger partial charge in [-0.15, -0.1) is 24.0 Å². The van der Waals surface area contributed by atoms with Crippen molar-refractivity contribution < 1.29 is 10.0 Å². The van der Waals surface area contributed by atoms with E-state index in [9.17, 15) is 10.0 Å². The minimum Gasteiger partial charge on any atom is -0.423 e. The lowest BCUT2D eigenvalue weighted by molar-refractivity contribution is 0.425. The topological polar surface area (TPSA) is 40.5 Å². The molecule has 1 aromatic heterocycles. The van der Waals surface area contributed by atoms with Gasteiger partial charge in [0.15, 0.2) is 0 Å². The third-order valence-corrected chi connectivity index (χ3v) is 3.74. The Labute approximate surface area is 95.7 Å². The smallest absolute Gasteiger partial charge is 0.423 e. The van der Waals surface area contributed by atoms with E-state index in [1.807, 2.05) is 6.07 Å². The number of hydrogen-bond donors (Lipinski definition) is 3. The molecular formula is C8H6BClO2S2. The Balaban J connectivity index is 2.87. The molecule has 0 aliphatic heterocycles. The van der Waals surface area contributed by atoms with Gasteiger partial charge in [0.25, 0.3) is 0 Å². The van der Waals surface area contributed by atoms with E-state index >= 15 is 0 Å². The summed E-state index contributed by atoms with van der Waals surface area (Å²) in [5.41, 5.74) is 0.372. The molecule has 0 aliphatic rings. The van der Waals surface area contributed by atoms with Crippen LogP contribution in [0.15, 0.2) is 22.4 Å². The van der Waals surface area contributed by atoms with Crippen LogP contribution in [-0.4, -0.2) is 17.2 Å². The lowest BCUT2D eigenvalue weighted by atomic mass is 9.78. The van der Waals surface area contributed by atoms with Gasteiger partial charge in [-0.3, -0.25) is 0 Å². The summed E-state index contributed by atoms with van der Waals surface area (Å²) < 4.78 is 0.927. The molecule has 2 rings (SSSR count). The van der Waals surface area contributed by atoms with Crippen LogP contribution in [0.4, 0.5) is 0 Å². The minimum absolute atomic E-state index is 0.372. The standard InChI is InChI=1S/C8H6BClO2S2/c10-4-3-14-6-2-1-5(13)8(7(4)6)9(11)12/h1-3,11-13H. The average molecular weight is 245 g/mol. The van der Waals surface area contributed by atoms with Crippen LogP contribution in [0.3, 0.4) is 0 Å². The molecule has 2 aromatic rings. The van der Waals surface area contributed by atoms with Crippen molar-refractivity contribution in [2.45, 2.75) is 4.90 Å². The summed E-state index contributed by atoms with van der Waals surface area (Å²) in [4.78, 5) is 0.535. The van der Waals surface area contributed by atoms with Crippen LogP contribution in [0.2, 0.25) is 5.02 Å². The minimum atomic E-state index is -1.54. The van der Waals surface area contributed by atoms with Crippen LogP contribution in [0.1, 0.15) is 0 Å². The fraction of sp³-hybridized carbons (Fsp3) is 0. The van der Waals surface area contributed by atoms with E-state index in [0.717, 1.165) is 4.70 Å². The molecule has 1 heterocycles. The fourth-order valence-corrected chi connectivity index (χ4v) is 2.90. The maximum absolute atomic E-state index is 9.20. The largest absolute Gasteiger partial charge is 0.490 e. The van der Waals surface area contributed by atoms with Crippen LogP contribution in [0.25, 0.3) is 10.1 Å². The molecular weight excluding hydrogens is 238 g/mol. The SMILES string of the molecule is OB(O)c1c(S)ccc2scc(Cl)c12. The fourth-order valence-electron chi connectivity index (χ4n) is 1.37. The van der Waals surface area contributed by atoms with Crippen LogP contribution in [0, 0.1) is 0 Å². The Morgan fingerprint density at radius 2 is 2.07 bits per heavy atom. The van der Waals surface area contributed by atoms with Gasteiger partial charge in [-0.2, -0.15) is 0 Å². The zero-order valence-electron chi connectivity index (χ0n) is 6.94. The van der Waals surface area contributed by atoms with Gasteiger partial charge >= 0.3 is 7.12 Å². The Kier molecular flexibility index (Phi) is 2.77. The van der Waals surface area contributed by atoms with E-state index in [0.29, 0.717) is 20.8 Å². The molecule has 0 saturated heterocycles. The Bertz CT molecular complexity index is 483. The van der Waals surface area contributed by atoms with E-state index in [4.69, 9.17) is 11.6 Å². The van der Waals surface area contributed by atoms with E-state index < -0.39 is 7.12 Å². The van der Waals surface area contributed by atoms with Crippen LogP contribution in [-0.2, 0) is 0 Å². The van der Waals surface area contributed by atoms with Crippen LogP contribution < -0.4 is 5.46 Å². The first-order valence-corrected chi connectivity index (χ1v) is 5.56. The Morgan fingerprint density at radius 1 is 1.36 bits per heavy atom. The summed E-state index contributed by atoms with van der Waals surface area (Å²) in [6, 6.07) is 3.59. The molecule has 0 fully saturated rings. The molecule has 1 aromatic carbocycles. The van der Waals surface area contributed by atoms with Gasteiger partial charge in [-0.1, -0.05) is 11.6 Å². The second-order valence-corrected chi connectivity index (χ2v) is 4.63. The maximum atomic E-state index is 9.20. The normalized spacial score (nSPS) is 10.9. The lowest BCUT2D eigenvalue weighted by Crippen LogP contribution is -2.31. The summed E-state index contributed by atoms with van der Waals surface area (Å²) in [5, 5.41) is 21.4. The molecule has 0 atom stereocenters. The van der Waals surface area contributed by atoms with Crippen molar-refractivity contribution in [1.29, 1.82) is 0 Å². The first kappa shape index (κ1) is 10.3. The van der Waals surface area contributed by atoms with E-state index in [-0.39, 0.29) is 0 Å². The van der Waals surface area contributed by atoms with Crippen LogP contribution >= 0.6 is 35.6 Å². The Morgan fingerprint density at radius 3 is 2.71 bits per heavy atom. The first-order chi connectivity index (χ1) is 6.61. The quantitative estimate of drug-likeness (QED) is 0.526. The highest BCUT2D eigenvalue weighted by atomic mass is 35.5. The van der Waals surface area contributed by atoms with Gasteiger partial charge in [-0.05, 0) is 12.1 Å². The molecule has 0 spiro atoms. The number of halogens is 1. The van der Waals surface area contributed by atoms with E-state index in [1.165, 1.54) is 11.3 Å². The number of rotatable bonds is 1. The highest BCUT2D eigenvalue weighted by molar-refractivity contribution is 7.80. The van der Waals surface area contributed by atoms with Crippen molar-refractivity contribution in [2.75, 3.05) is 0 Å². The van der Waals surface area contributed by atoms with Crippen molar-refractivity contribution in [3.63, 3.8) is 0 Å². The monoisotopic (exact) mass is 244 g/mol. The molecule has 6 heteroatoms. The number of hydrogen-bond acceptors (Lipinski definition) is 4. The highest BCUT2D eigenvalue weighted by Gasteiger charge is 2.20. The zero-order chi connectivity index (χ0) is 10.3. The first-order valence-electron chi connectivity index (χ1n) is 3.86. The molecule has 0 aliphatic carbocycles. The summed E-state index contributed by atoms with van der Waals surface area (Å²) >= 11 is 11.6. The number of benzene rings is 1. The third-order valence-electron chi connectivity index (χ3n) is 1.97. The van der Waals surface area contributed by atoms with Crippen molar-refractivity contribution in [1.82, 2.24) is 0 Å². The van der Waals surface area contributed by atoms with Gasteiger partial charge in [-0.25, -0.2) is 0 Å². The van der Waals surface area contributed by atoms with Gasteiger partial charge in [0.05, 0.1) is 5.02 Å². The Hall–Kier alpha value is -0.195. The summed E-state index contributed by atoms with van der Waals surface area (Å²) in [6.45, 7) is 0. The average Bonchev–Trinajstić information content (AvgIpc) is 2.47. The van der Waals surface area contributed by atoms with Crippen molar-refractivity contribution in [3.05, 3.63) is 22.5 Å². The highest BCUT2D eigenvalue weighted by Crippen LogP contribution is 2.30. The van der Waals surface area contributed by atoms with E-state index in [2.05, 4.69) is 12.6 Å². The molecule has 0 unspecified atom stereocenters. The third kappa shape index (κ3) is 1.55. The van der Waals surface area contributed by atoms with Crippen molar-refractivity contribution in [2.24, 2.45) is 0 Å². The predicted molar refractivity (Wildman–Crippen MR) is 63.9 cm³/mol. The zero-order valence-corrected chi connectivity index (χ0v) is 9.40. The second-order valence-electron chi connectivity index (χ2n) is 2.83. The van der Waals surface area contributed by atoms with E-state index in [1.54, 1.807) is 11.4 Å². The number of thiol groups is 1. The van der Waals surface area contributed by atoms with Crippen molar-refractivity contribution in [3.8, 4) is 0 Å². The van der Waals surface area contributed by atoms with Gasteiger partial charge in [0.2, 0.25) is 0 Å². The maximum Gasteiger partial charge on any atom is 0.490 e. The second kappa shape index (κ2) is 3.75. The molecule has 2 N–H and O–H groups in total. The summed E-state index contributed by atoms with van der Waals surface area (Å²) in [7, 11) is -1.54. The molecule has 0 bridgehead atoms. The molecule has 0 radical (unpaired) electrons. The molecule has 2 nitrogen and oxygen atoms in total. The molecule has 72 valence electrons. The molecule has 0 amide bonds.